The number of nitriles is 1. The number of benzene rings is 2. The summed E-state index contributed by atoms with van der Waals surface area (Å²) >= 11 is 0. The predicted octanol–water partition coefficient (Wildman–Crippen LogP) is 4.10. The number of aromatic nitrogens is 1. The number of aryl methyl sites for hydroxylation is 1. The highest BCUT2D eigenvalue weighted by Gasteiger charge is 2.29. The van der Waals surface area contributed by atoms with E-state index in [1.165, 1.54) is 5.56 Å². The Bertz CT molecular complexity index is 1360. The Kier molecular flexibility index (Phi) is 7.01. The minimum Gasteiger partial charge on any atom is -0.325 e. The molecule has 2 aromatic carbocycles. The molecule has 1 N–H and O–H groups in total. The van der Waals surface area contributed by atoms with Crippen molar-refractivity contribution in [3.63, 3.8) is 0 Å². The molecule has 1 saturated heterocycles. The van der Waals surface area contributed by atoms with Crippen molar-refractivity contribution < 1.29 is 8.42 Å². The SMILES string of the molecule is Cc1[nH]c(=O)c(C#N)c(C)c1Cc1ccc(S(=O)(=O)N2CCC(Cc3ccccc3)CC2)cc1. The number of sulfonamides is 1. The average Bonchev–Trinajstić information content (AvgIpc) is 2.83. The van der Waals surface area contributed by atoms with Gasteiger partial charge in [-0.05, 0) is 79.8 Å². The van der Waals surface area contributed by atoms with Gasteiger partial charge in [-0.2, -0.15) is 9.57 Å². The molecule has 1 aromatic heterocycles. The monoisotopic (exact) mass is 475 g/mol. The van der Waals surface area contributed by atoms with E-state index in [4.69, 9.17) is 0 Å². The molecule has 176 valence electrons. The largest absolute Gasteiger partial charge is 0.325 e. The van der Waals surface area contributed by atoms with Crippen molar-refractivity contribution in [3.8, 4) is 6.07 Å². The predicted molar refractivity (Wildman–Crippen MR) is 132 cm³/mol. The quantitative estimate of drug-likeness (QED) is 0.581. The van der Waals surface area contributed by atoms with Crippen molar-refractivity contribution in [1.82, 2.24) is 9.29 Å². The van der Waals surface area contributed by atoms with E-state index in [0.717, 1.165) is 36.1 Å². The Balaban J connectivity index is 1.44. The highest BCUT2D eigenvalue weighted by Crippen LogP contribution is 2.27. The van der Waals surface area contributed by atoms with Crippen molar-refractivity contribution in [1.29, 1.82) is 5.26 Å². The maximum absolute atomic E-state index is 13.2. The second-order valence-electron chi connectivity index (χ2n) is 9.03. The van der Waals surface area contributed by atoms with Crippen molar-refractivity contribution in [3.05, 3.63) is 98.5 Å². The first-order valence-corrected chi connectivity index (χ1v) is 13.0. The Morgan fingerprint density at radius 2 is 1.65 bits per heavy atom. The van der Waals surface area contributed by atoms with Gasteiger partial charge in [0.15, 0.2) is 0 Å². The lowest BCUT2D eigenvalue weighted by Crippen LogP contribution is -2.38. The summed E-state index contributed by atoms with van der Waals surface area (Å²) in [4.78, 5) is 15.0. The molecule has 2 heterocycles. The summed E-state index contributed by atoms with van der Waals surface area (Å²) in [7, 11) is -3.54. The average molecular weight is 476 g/mol. The van der Waals surface area contributed by atoms with E-state index in [2.05, 4.69) is 17.1 Å². The molecular formula is C27H29N3O3S. The van der Waals surface area contributed by atoms with Gasteiger partial charge in [-0.1, -0.05) is 42.5 Å². The van der Waals surface area contributed by atoms with Crippen LogP contribution in [-0.2, 0) is 22.9 Å². The van der Waals surface area contributed by atoms with Crippen LogP contribution in [0, 0.1) is 31.1 Å². The highest BCUT2D eigenvalue weighted by molar-refractivity contribution is 7.89. The zero-order valence-corrected chi connectivity index (χ0v) is 20.4. The Labute approximate surface area is 200 Å². The van der Waals surface area contributed by atoms with Crippen molar-refractivity contribution in [2.24, 2.45) is 5.92 Å². The van der Waals surface area contributed by atoms with Gasteiger partial charge in [0.05, 0.1) is 4.90 Å². The molecule has 3 aromatic rings. The second kappa shape index (κ2) is 9.96. The van der Waals surface area contributed by atoms with Gasteiger partial charge in [-0.3, -0.25) is 4.79 Å². The zero-order valence-electron chi connectivity index (χ0n) is 19.5. The number of nitrogens with zero attached hydrogens (tertiary/aromatic N) is 2. The maximum atomic E-state index is 13.2. The minimum atomic E-state index is -3.54. The molecule has 0 radical (unpaired) electrons. The lowest BCUT2D eigenvalue weighted by Gasteiger charge is -2.31. The molecule has 4 rings (SSSR count). The van der Waals surface area contributed by atoms with Crippen LogP contribution >= 0.6 is 0 Å². The van der Waals surface area contributed by atoms with Gasteiger partial charge < -0.3 is 4.98 Å². The fourth-order valence-electron chi connectivity index (χ4n) is 4.74. The molecule has 7 heteroatoms. The molecule has 0 bridgehead atoms. The van der Waals surface area contributed by atoms with E-state index in [1.54, 1.807) is 23.4 Å². The van der Waals surface area contributed by atoms with Gasteiger partial charge in [0.25, 0.3) is 5.56 Å². The maximum Gasteiger partial charge on any atom is 0.266 e. The lowest BCUT2D eigenvalue weighted by atomic mass is 9.91. The summed E-state index contributed by atoms with van der Waals surface area (Å²) in [5.74, 6) is 0.498. The number of rotatable bonds is 6. The Morgan fingerprint density at radius 1 is 1.00 bits per heavy atom. The molecule has 1 fully saturated rings. The van der Waals surface area contributed by atoms with Crippen LogP contribution in [0.4, 0.5) is 0 Å². The van der Waals surface area contributed by atoms with E-state index in [-0.39, 0.29) is 11.1 Å². The molecular weight excluding hydrogens is 446 g/mol. The molecule has 34 heavy (non-hydrogen) atoms. The van der Waals surface area contributed by atoms with Crippen LogP contribution in [0.3, 0.4) is 0 Å². The van der Waals surface area contributed by atoms with Gasteiger partial charge in [0.1, 0.15) is 11.6 Å². The first-order chi connectivity index (χ1) is 16.3. The number of H-pyrrole nitrogens is 1. The van der Waals surface area contributed by atoms with Crippen molar-refractivity contribution in [2.75, 3.05) is 13.1 Å². The standard InChI is InChI=1S/C27H29N3O3S/c1-19-25(20(2)29-27(31)26(19)18-28)17-22-8-10-24(11-9-22)34(32,33)30-14-12-23(13-15-30)16-21-6-4-3-5-7-21/h3-11,23H,12-17H2,1-2H3,(H,29,31). The van der Waals surface area contributed by atoms with Crippen molar-refractivity contribution in [2.45, 2.75) is 44.4 Å². The molecule has 6 nitrogen and oxygen atoms in total. The van der Waals surface area contributed by atoms with Gasteiger partial charge in [0.2, 0.25) is 10.0 Å². The van der Waals surface area contributed by atoms with Gasteiger partial charge >= 0.3 is 0 Å². The summed E-state index contributed by atoms with van der Waals surface area (Å²) in [5.41, 5.74) is 4.23. The number of hydrogen-bond donors (Lipinski definition) is 1. The number of aromatic amines is 1. The number of pyridine rings is 1. The molecule has 0 aliphatic carbocycles. The van der Waals surface area contributed by atoms with Gasteiger partial charge in [0, 0.05) is 18.8 Å². The Morgan fingerprint density at radius 3 is 2.26 bits per heavy atom. The van der Waals surface area contributed by atoms with Crippen LogP contribution in [0.15, 0.2) is 64.3 Å². The summed E-state index contributed by atoms with van der Waals surface area (Å²) in [5, 5.41) is 9.28. The van der Waals surface area contributed by atoms with Crippen LogP contribution < -0.4 is 5.56 Å². The first kappa shape index (κ1) is 23.9. The van der Waals surface area contributed by atoms with Gasteiger partial charge in [-0.25, -0.2) is 8.42 Å². The molecule has 0 atom stereocenters. The molecule has 0 unspecified atom stereocenters. The van der Waals surface area contributed by atoms with E-state index in [0.29, 0.717) is 35.9 Å². The normalized spacial score (nSPS) is 15.2. The topological polar surface area (TPSA) is 94.0 Å². The third-order valence-corrected chi connectivity index (χ3v) is 8.72. The molecule has 0 spiro atoms. The minimum absolute atomic E-state index is 0.121. The van der Waals surface area contributed by atoms with Crippen molar-refractivity contribution >= 4 is 10.0 Å². The number of hydrogen-bond acceptors (Lipinski definition) is 4. The second-order valence-corrected chi connectivity index (χ2v) is 11.0. The van der Waals surface area contributed by atoms with E-state index in [1.807, 2.05) is 43.3 Å². The number of nitrogens with one attached hydrogen (secondary N) is 1. The lowest BCUT2D eigenvalue weighted by molar-refractivity contribution is 0.273. The van der Waals surface area contributed by atoms with E-state index >= 15 is 0 Å². The fourth-order valence-corrected chi connectivity index (χ4v) is 6.21. The van der Waals surface area contributed by atoms with E-state index in [9.17, 15) is 18.5 Å². The summed E-state index contributed by atoms with van der Waals surface area (Å²) in [6.07, 6.45) is 3.21. The highest BCUT2D eigenvalue weighted by atomic mass is 32.2. The van der Waals surface area contributed by atoms with Crippen LogP contribution in [0.2, 0.25) is 0 Å². The molecule has 0 saturated carbocycles. The first-order valence-electron chi connectivity index (χ1n) is 11.5. The zero-order chi connectivity index (χ0) is 24.3. The summed E-state index contributed by atoms with van der Waals surface area (Å²) in [6.45, 7) is 4.66. The van der Waals surface area contributed by atoms with Crippen LogP contribution in [0.1, 0.15) is 46.4 Å². The van der Waals surface area contributed by atoms with E-state index < -0.39 is 10.0 Å². The number of piperidine rings is 1. The third-order valence-electron chi connectivity index (χ3n) is 6.80. The summed E-state index contributed by atoms with van der Waals surface area (Å²) in [6, 6.07) is 19.3. The van der Waals surface area contributed by atoms with Crippen LogP contribution in [-0.4, -0.2) is 30.8 Å². The van der Waals surface area contributed by atoms with Crippen LogP contribution in [0.5, 0.6) is 0 Å². The van der Waals surface area contributed by atoms with Gasteiger partial charge in [-0.15, -0.1) is 0 Å². The Hall–Kier alpha value is -3.21. The summed E-state index contributed by atoms with van der Waals surface area (Å²) < 4.78 is 28.0. The molecule has 1 aliphatic heterocycles. The molecule has 1 aliphatic rings. The fraction of sp³-hybridized carbons (Fsp3) is 0.333. The van der Waals surface area contributed by atoms with Crippen LogP contribution in [0.25, 0.3) is 0 Å². The molecule has 0 amide bonds. The smallest absolute Gasteiger partial charge is 0.266 e. The third kappa shape index (κ3) is 4.98.